The van der Waals surface area contributed by atoms with Crippen molar-refractivity contribution in [2.75, 3.05) is 0 Å². The number of sulfonamides is 1. The van der Waals surface area contributed by atoms with Gasteiger partial charge in [-0.05, 0) is 23.6 Å². The van der Waals surface area contributed by atoms with Crippen LogP contribution in [0, 0.1) is 0 Å². The minimum Gasteiger partial charge on any atom is -0.468 e. The molecule has 0 unspecified atom stereocenters. The van der Waals surface area contributed by atoms with Gasteiger partial charge < -0.3 is 9.73 Å². The first-order valence-corrected chi connectivity index (χ1v) is 8.67. The maximum Gasteiger partial charge on any atom is 0.242 e. The van der Waals surface area contributed by atoms with Gasteiger partial charge in [-0.3, -0.25) is 0 Å². The second-order valence-electron chi connectivity index (χ2n) is 4.65. The van der Waals surface area contributed by atoms with Crippen molar-refractivity contribution < 1.29 is 12.8 Å². The van der Waals surface area contributed by atoms with Crippen LogP contribution in [0.5, 0.6) is 0 Å². The smallest absolute Gasteiger partial charge is 0.242 e. The number of hydrogen-bond donors (Lipinski definition) is 2. The third-order valence-electron chi connectivity index (χ3n) is 2.68. The van der Waals surface area contributed by atoms with Crippen LogP contribution in [-0.4, -0.2) is 14.5 Å². The number of hydrogen-bond acceptors (Lipinski definition) is 5. The summed E-state index contributed by atoms with van der Waals surface area (Å²) in [5.41, 5.74) is 0. The highest BCUT2D eigenvalue weighted by Crippen LogP contribution is 2.22. The lowest BCUT2D eigenvalue weighted by atomic mass is 10.4. The Hall–Kier alpha value is -1.15. The molecule has 0 fully saturated rings. The highest BCUT2D eigenvalue weighted by atomic mass is 32.2. The first-order chi connectivity index (χ1) is 9.49. The quantitative estimate of drug-likeness (QED) is 0.823. The average molecular weight is 314 g/mol. The van der Waals surface area contributed by atoms with E-state index in [1.165, 1.54) is 17.6 Å². The topological polar surface area (TPSA) is 71.3 Å². The summed E-state index contributed by atoms with van der Waals surface area (Å²) in [5.74, 6) is 0.589. The molecule has 0 atom stereocenters. The van der Waals surface area contributed by atoms with Crippen molar-refractivity contribution in [2.24, 2.45) is 0 Å². The van der Waals surface area contributed by atoms with Crippen LogP contribution < -0.4 is 10.0 Å². The van der Waals surface area contributed by atoms with E-state index in [9.17, 15) is 8.42 Å². The van der Waals surface area contributed by atoms with E-state index in [0.29, 0.717) is 23.2 Å². The summed E-state index contributed by atoms with van der Waals surface area (Å²) in [6.45, 7) is 4.75. The Balaban J connectivity index is 2.07. The maximum atomic E-state index is 12.3. The molecule has 0 aliphatic carbocycles. The molecule has 5 nitrogen and oxygen atoms in total. The zero-order valence-electron chi connectivity index (χ0n) is 11.4. The molecule has 0 bridgehead atoms. The summed E-state index contributed by atoms with van der Waals surface area (Å²) in [5, 5.41) is 5.02. The molecule has 0 aromatic carbocycles. The number of rotatable bonds is 7. The second-order valence-corrected chi connectivity index (χ2v) is 7.38. The summed E-state index contributed by atoms with van der Waals surface area (Å²) in [4.78, 5) is 1.15. The largest absolute Gasteiger partial charge is 0.468 e. The molecule has 2 N–H and O–H groups in total. The van der Waals surface area contributed by atoms with Crippen molar-refractivity contribution in [3.8, 4) is 0 Å². The van der Waals surface area contributed by atoms with Crippen LogP contribution in [0.15, 0.2) is 39.2 Å². The summed E-state index contributed by atoms with van der Waals surface area (Å²) in [6, 6.07) is 5.40. The van der Waals surface area contributed by atoms with Gasteiger partial charge in [0.2, 0.25) is 10.0 Å². The standard InChI is InChI=1S/C13H18N2O3S2/c1-10(2)14-9-12-13(5-7-19-12)20(16,17)15-8-11-4-3-6-18-11/h3-7,10,14-15H,8-9H2,1-2H3. The SMILES string of the molecule is CC(C)NCc1sccc1S(=O)(=O)NCc1ccco1. The molecule has 7 heteroatoms. The second kappa shape index (κ2) is 6.53. The Kier molecular flexibility index (Phi) is 4.98. The number of thiophene rings is 1. The number of nitrogens with one attached hydrogen (secondary N) is 2. The van der Waals surface area contributed by atoms with E-state index in [-0.39, 0.29) is 6.54 Å². The van der Waals surface area contributed by atoms with Gasteiger partial charge in [0.05, 0.1) is 17.7 Å². The molecule has 0 spiro atoms. The van der Waals surface area contributed by atoms with E-state index in [2.05, 4.69) is 10.0 Å². The van der Waals surface area contributed by atoms with Crippen molar-refractivity contribution in [3.63, 3.8) is 0 Å². The minimum absolute atomic E-state index is 0.155. The Bertz CT molecular complexity index is 630. The zero-order chi connectivity index (χ0) is 14.6. The van der Waals surface area contributed by atoms with Crippen molar-refractivity contribution >= 4 is 21.4 Å². The Morgan fingerprint density at radius 3 is 2.75 bits per heavy atom. The van der Waals surface area contributed by atoms with Crippen LogP contribution in [0.25, 0.3) is 0 Å². The van der Waals surface area contributed by atoms with Crippen LogP contribution in [0.4, 0.5) is 0 Å². The van der Waals surface area contributed by atoms with Gasteiger partial charge in [0, 0.05) is 17.5 Å². The van der Waals surface area contributed by atoms with Crippen LogP contribution >= 0.6 is 11.3 Å². The molecule has 0 saturated carbocycles. The van der Waals surface area contributed by atoms with Crippen LogP contribution in [0.2, 0.25) is 0 Å². The van der Waals surface area contributed by atoms with Crippen LogP contribution in [0.3, 0.4) is 0 Å². The Morgan fingerprint density at radius 1 is 1.30 bits per heavy atom. The van der Waals surface area contributed by atoms with Gasteiger partial charge in [-0.15, -0.1) is 11.3 Å². The van der Waals surface area contributed by atoms with Gasteiger partial charge in [-0.25, -0.2) is 13.1 Å². The molecule has 110 valence electrons. The first kappa shape index (κ1) is 15.2. The molecule has 20 heavy (non-hydrogen) atoms. The molecular formula is C13H18N2O3S2. The van der Waals surface area contributed by atoms with E-state index in [1.54, 1.807) is 23.6 Å². The molecule has 0 radical (unpaired) electrons. The lowest BCUT2D eigenvalue weighted by molar-refractivity contribution is 0.498. The molecule has 2 rings (SSSR count). The Morgan fingerprint density at radius 2 is 2.10 bits per heavy atom. The van der Waals surface area contributed by atoms with Gasteiger partial charge in [0.1, 0.15) is 5.76 Å². The van der Waals surface area contributed by atoms with Gasteiger partial charge >= 0.3 is 0 Å². The van der Waals surface area contributed by atoms with Crippen molar-refractivity contribution in [1.29, 1.82) is 0 Å². The molecule has 2 heterocycles. The highest BCUT2D eigenvalue weighted by molar-refractivity contribution is 7.89. The summed E-state index contributed by atoms with van der Waals surface area (Å²) >= 11 is 1.44. The van der Waals surface area contributed by atoms with Crippen LogP contribution in [0.1, 0.15) is 24.5 Å². The highest BCUT2D eigenvalue weighted by Gasteiger charge is 2.19. The predicted octanol–water partition coefficient (Wildman–Crippen LogP) is 2.32. The van der Waals surface area contributed by atoms with Gasteiger partial charge in [0.15, 0.2) is 0 Å². The molecule has 0 aliphatic rings. The molecule has 0 aliphatic heterocycles. The average Bonchev–Trinajstić information content (AvgIpc) is 3.05. The fourth-order valence-electron chi connectivity index (χ4n) is 1.65. The van der Waals surface area contributed by atoms with E-state index in [4.69, 9.17) is 4.42 Å². The van der Waals surface area contributed by atoms with Crippen molar-refractivity contribution in [3.05, 3.63) is 40.5 Å². The molecule has 0 amide bonds. The minimum atomic E-state index is -3.51. The number of furan rings is 1. The van der Waals surface area contributed by atoms with E-state index < -0.39 is 10.0 Å². The monoisotopic (exact) mass is 314 g/mol. The van der Waals surface area contributed by atoms with Crippen LogP contribution in [-0.2, 0) is 23.1 Å². The van der Waals surface area contributed by atoms with E-state index >= 15 is 0 Å². The third-order valence-corrected chi connectivity index (χ3v) is 5.22. The molecule has 2 aromatic rings. The van der Waals surface area contributed by atoms with Crippen molar-refractivity contribution in [2.45, 2.75) is 37.9 Å². The zero-order valence-corrected chi connectivity index (χ0v) is 13.1. The predicted molar refractivity (Wildman–Crippen MR) is 79.0 cm³/mol. The molecular weight excluding hydrogens is 296 g/mol. The lowest BCUT2D eigenvalue weighted by Gasteiger charge is -2.09. The lowest BCUT2D eigenvalue weighted by Crippen LogP contribution is -2.26. The van der Waals surface area contributed by atoms with Gasteiger partial charge in [-0.1, -0.05) is 13.8 Å². The summed E-state index contributed by atoms with van der Waals surface area (Å²) in [7, 11) is -3.51. The molecule has 0 saturated heterocycles. The van der Waals surface area contributed by atoms with Crippen molar-refractivity contribution in [1.82, 2.24) is 10.0 Å². The van der Waals surface area contributed by atoms with E-state index in [1.807, 2.05) is 13.8 Å². The maximum absolute atomic E-state index is 12.3. The Labute approximate surface area is 123 Å². The fraction of sp³-hybridized carbons (Fsp3) is 0.385. The summed E-state index contributed by atoms with van der Waals surface area (Å²) < 4.78 is 32.2. The molecule has 2 aromatic heterocycles. The fourth-order valence-corrected chi connectivity index (χ4v) is 4.04. The van der Waals surface area contributed by atoms with Gasteiger partial charge in [0.25, 0.3) is 0 Å². The third kappa shape index (κ3) is 3.92. The summed E-state index contributed by atoms with van der Waals surface area (Å²) in [6.07, 6.45) is 1.52. The van der Waals surface area contributed by atoms with E-state index in [0.717, 1.165) is 4.88 Å². The first-order valence-electron chi connectivity index (χ1n) is 6.31. The van der Waals surface area contributed by atoms with Gasteiger partial charge in [-0.2, -0.15) is 0 Å². The normalized spacial score (nSPS) is 12.2.